The molecule has 1 amide bonds. The summed E-state index contributed by atoms with van der Waals surface area (Å²) in [5.41, 5.74) is -3.92. The van der Waals surface area contributed by atoms with Crippen molar-refractivity contribution in [3.63, 3.8) is 0 Å². The lowest BCUT2D eigenvalue weighted by Crippen LogP contribution is -2.77. The molecule has 2 N–H and O–H groups in total. The minimum Gasteiger partial charge on any atom is -0.495 e. The second kappa shape index (κ2) is 8.32. The molecule has 4 aliphatic rings. The van der Waals surface area contributed by atoms with Gasteiger partial charge < -0.3 is 29.2 Å². The Morgan fingerprint density at radius 2 is 1.69 bits per heavy atom. The molecule has 0 aromatic heterocycles. The highest BCUT2D eigenvalue weighted by molar-refractivity contribution is 6.02. The van der Waals surface area contributed by atoms with Crippen LogP contribution in [0, 0.1) is 11.3 Å². The summed E-state index contributed by atoms with van der Waals surface area (Å²) in [4.78, 5) is 43.2. The molecule has 0 bridgehead atoms. The summed E-state index contributed by atoms with van der Waals surface area (Å²) >= 11 is 0. The molecule has 1 spiro atoms. The number of aliphatic hydroxyl groups is 2. The van der Waals surface area contributed by atoms with E-state index in [2.05, 4.69) is 4.90 Å². The zero-order valence-electron chi connectivity index (χ0n) is 20.9. The number of methoxy groups -OCH3 is 4. The second-order valence-corrected chi connectivity index (χ2v) is 10.0. The lowest BCUT2D eigenvalue weighted by atomic mass is 9.46. The van der Waals surface area contributed by atoms with Gasteiger partial charge in [-0.1, -0.05) is 12.1 Å². The van der Waals surface area contributed by atoms with Gasteiger partial charge in [-0.2, -0.15) is 0 Å². The molecule has 6 atom stereocenters. The highest BCUT2D eigenvalue weighted by Crippen LogP contribution is 2.68. The Bertz CT molecular complexity index is 1110. The Hall–Kier alpha value is -2.89. The molecule has 0 unspecified atom stereocenters. The van der Waals surface area contributed by atoms with Crippen molar-refractivity contribution in [3.8, 4) is 5.75 Å². The van der Waals surface area contributed by atoms with Crippen LogP contribution in [-0.4, -0.2) is 92.5 Å². The van der Waals surface area contributed by atoms with Crippen molar-refractivity contribution in [2.45, 2.75) is 49.0 Å². The van der Waals surface area contributed by atoms with E-state index in [9.17, 15) is 24.6 Å². The van der Waals surface area contributed by atoms with Gasteiger partial charge in [0.1, 0.15) is 11.2 Å². The Balaban J connectivity index is 1.89. The van der Waals surface area contributed by atoms with E-state index in [1.54, 1.807) is 12.1 Å². The quantitative estimate of drug-likeness (QED) is 0.449. The number of carbonyl (C=O) groups excluding carboxylic acids is 3. The molecule has 1 aromatic rings. The van der Waals surface area contributed by atoms with E-state index in [1.807, 2.05) is 6.07 Å². The van der Waals surface area contributed by atoms with E-state index in [-0.39, 0.29) is 24.3 Å². The van der Waals surface area contributed by atoms with Gasteiger partial charge in [-0.05, 0) is 43.9 Å². The number of carbonyl (C=O) groups is 3. The van der Waals surface area contributed by atoms with Crippen LogP contribution in [0.25, 0.3) is 0 Å². The van der Waals surface area contributed by atoms with Crippen LogP contribution in [0.4, 0.5) is 10.5 Å². The summed E-state index contributed by atoms with van der Waals surface area (Å²) in [5, 5.41) is 23.6. The number of esters is 2. The lowest BCUT2D eigenvalue weighted by Gasteiger charge is -2.64. The maximum absolute atomic E-state index is 13.5. The predicted molar refractivity (Wildman–Crippen MR) is 124 cm³/mol. The fourth-order valence-electron chi connectivity index (χ4n) is 7.88. The lowest BCUT2D eigenvalue weighted by molar-refractivity contribution is -0.203. The summed E-state index contributed by atoms with van der Waals surface area (Å²) in [5.74, 6) is -2.16. The fourth-order valence-corrected chi connectivity index (χ4v) is 7.88. The van der Waals surface area contributed by atoms with Gasteiger partial charge in [0.15, 0.2) is 0 Å². The van der Waals surface area contributed by atoms with Crippen molar-refractivity contribution in [2.24, 2.45) is 11.3 Å². The number of rotatable bonds is 3. The highest BCUT2D eigenvalue weighted by Gasteiger charge is 2.77. The molecule has 3 aliphatic heterocycles. The molecule has 1 saturated carbocycles. The fraction of sp³-hybridized carbons (Fsp3) is 0.640. The van der Waals surface area contributed by atoms with E-state index in [1.165, 1.54) is 14.2 Å². The first-order valence-electron chi connectivity index (χ1n) is 12.1. The monoisotopic (exact) mass is 504 g/mol. The van der Waals surface area contributed by atoms with Gasteiger partial charge in [0, 0.05) is 23.9 Å². The molecule has 11 nitrogen and oxygen atoms in total. The Labute approximate surface area is 208 Å². The van der Waals surface area contributed by atoms with Crippen molar-refractivity contribution >= 4 is 23.7 Å². The number of nitrogens with zero attached hydrogens (tertiary/aromatic N) is 2. The molecule has 2 saturated heterocycles. The highest BCUT2D eigenvalue weighted by atomic mass is 16.6. The number of piperidine rings is 1. The van der Waals surface area contributed by atoms with Gasteiger partial charge in [0.05, 0.1) is 40.2 Å². The molecule has 3 fully saturated rings. The second-order valence-electron chi connectivity index (χ2n) is 10.0. The molecule has 1 aliphatic carbocycles. The average molecular weight is 505 g/mol. The maximum atomic E-state index is 13.5. The van der Waals surface area contributed by atoms with Crippen LogP contribution in [0.1, 0.15) is 31.2 Å². The smallest absolute Gasteiger partial charge is 0.417 e. The Kier molecular flexibility index (Phi) is 5.73. The van der Waals surface area contributed by atoms with E-state index in [0.29, 0.717) is 31.5 Å². The first-order chi connectivity index (χ1) is 17.2. The molecular formula is C25H32N2O9. The first kappa shape index (κ1) is 24.8. The maximum Gasteiger partial charge on any atom is 0.417 e. The minimum atomic E-state index is -2.45. The Morgan fingerprint density at radius 1 is 0.972 bits per heavy atom. The number of anilines is 1. The van der Waals surface area contributed by atoms with E-state index in [4.69, 9.17) is 18.9 Å². The zero-order chi connectivity index (χ0) is 26.0. The number of hydrogen-bond donors (Lipinski definition) is 2. The molecule has 0 radical (unpaired) electrons. The van der Waals surface area contributed by atoms with Crippen molar-refractivity contribution in [1.29, 1.82) is 0 Å². The number of benzene rings is 1. The largest absolute Gasteiger partial charge is 0.495 e. The third kappa shape index (κ3) is 2.71. The number of amides is 1. The van der Waals surface area contributed by atoms with Crippen LogP contribution >= 0.6 is 0 Å². The van der Waals surface area contributed by atoms with Gasteiger partial charge >= 0.3 is 18.0 Å². The van der Waals surface area contributed by atoms with Crippen LogP contribution in [-0.2, 0) is 29.2 Å². The number of para-hydroxylation sites is 1. The topological polar surface area (TPSA) is 135 Å². The van der Waals surface area contributed by atoms with Crippen LogP contribution in [0.2, 0.25) is 0 Å². The first-order valence-corrected chi connectivity index (χ1v) is 12.1. The summed E-state index contributed by atoms with van der Waals surface area (Å²) in [6, 6.07) is 4.64. The van der Waals surface area contributed by atoms with Crippen molar-refractivity contribution in [2.75, 3.05) is 46.4 Å². The third-order valence-electron chi connectivity index (χ3n) is 9.09. The summed E-state index contributed by atoms with van der Waals surface area (Å²) in [6.07, 6.45) is -0.753. The summed E-state index contributed by atoms with van der Waals surface area (Å²) in [7, 11) is 5.04. The van der Waals surface area contributed by atoms with E-state index in [0.717, 1.165) is 19.1 Å². The third-order valence-corrected chi connectivity index (χ3v) is 9.09. The van der Waals surface area contributed by atoms with Crippen LogP contribution in [0.5, 0.6) is 5.75 Å². The molecular weight excluding hydrogens is 472 g/mol. The van der Waals surface area contributed by atoms with Crippen molar-refractivity contribution in [1.82, 2.24) is 4.90 Å². The molecule has 11 heteroatoms. The summed E-state index contributed by atoms with van der Waals surface area (Å²) in [6.45, 7) is 1.11. The van der Waals surface area contributed by atoms with Crippen LogP contribution in [0.15, 0.2) is 18.2 Å². The van der Waals surface area contributed by atoms with E-state index >= 15 is 0 Å². The number of fused-ring (bicyclic) bond motifs is 1. The predicted octanol–water partition coefficient (Wildman–Crippen LogP) is 0.789. The zero-order valence-corrected chi connectivity index (χ0v) is 20.9. The van der Waals surface area contributed by atoms with Gasteiger partial charge in [-0.3, -0.25) is 9.69 Å². The van der Waals surface area contributed by atoms with Gasteiger partial charge in [-0.25, -0.2) is 14.5 Å². The van der Waals surface area contributed by atoms with Crippen molar-refractivity contribution < 1.29 is 43.5 Å². The molecule has 5 rings (SSSR count). The molecule has 3 heterocycles. The number of hydrogen-bond acceptors (Lipinski definition) is 10. The van der Waals surface area contributed by atoms with Crippen LogP contribution in [0.3, 0.4) is 0 Å². The number of aliphatic hydroxyl groups excluding tert-OH is 1. The van der Waals surface area contributed by atoms with E-state index < -0.39 is 52.7 Å². The summed E-state index contributed by atoms with van der Waals surface area (Å²) < 4.78 is 21.0. The molecule has 196 valence electrons. The Morgan fingerprint density at radius 3 is 2.33 bits per heavy atom. The van der Waals surface area contributed by atoms with Crippen LogP contribution < -0.4 is 9.64 Å². The minimum absolute atomic E-state index is 0.145. The number of ether oxygens (including phenoxy) is 4. The van der Waals surface area contributed by atoms with Crippen molar-refractivity contribution in [3.05, 3.63) is 23.8 Å². The normalized spacial score (nSPS) is 36.7. The van der Waals surface area contributed by atoms with Gasteiger partial charge in [-0.15, -0.1) is 0 Å². The van der Waals surface area contributed by atoms with Gasteiger partial charge in [0.2, 0.25) is 0 Å². The standard InChI is InChI=1S/C25H32N2O9/c1-33-15-7-5-6-14-18(15)27(22(31)36-4)25(32,21(30)35-3)16-8-10-24(20(29)34-2)17(28)9-12-26-13-11-23(14,16)19(24)26/h5-7,16-17,19,28,32H,8-13H2,1-4H3/t16-,17+,19-,23+,24-,25+/m1/s1. The molecule has 36 heavy (non-hydrogen) atoms. The SMILES string of the molecule is COC(=O)N1c2c(OC)cccc2[C@@]23CCN4CC[C@H](O)[C@](C(=O)OC)(CC[C@H]2[C@]1(O)C(=O)OC)[C@H]43. The molecule has 1 aromatic carbocycles. The van der Waals surface area contributed by atoms with Gasteiger partial charge in [0.25, 0.3) is 5.72 Å². The average Bonchev–Trinajstić information content (AvgIpc) is 3.30.